The van der Waals surface area contributed by atoms with Gasteiger partial charge in [0.05, 0.1) is 15.6 Å². The molecule has 0 saturated carbocycles. The topological polar surface area (TPSA) is 25.8 Å². The van der Waals surface area contributed by atoms with Crippen LogP contribution in [0.25, 0.3) is 22.2 Å². The molecule has 1 aromatic heterocycles. The quantitative estimate of drug-likeness (QED) is 0.527. The van der Waals surface area contributed by atoms with E-state index in [1.54, 1.807) is 12.1 Å². The fraction of sp³-hybridized carbons (Fsp3) is 0.0667. The minimum Gasteiger partial charge on any atom is -0.207 e. The summed E-state index contributed by atoms with van der Waals surface area (Å²) in [4.78, 5) is 0. The van der Waals surface area contributed by atoms with Gasteiger partial charge in [-0.3, -0.25) is 0 Å². The number of hydrogen-bond donors (Lipinski definition) is 0. The molecule has 0 aliphatic rings. The normalized spacial score (nSPS) is 11.1. The maximum atomic E-state index is 13.6. The maximum absolute atomic E-state index is 13.6. The van der Waals surface area contributed by atoms with Gasteiger partial charge in [0.15, 0.2) is 0 Å². The summed E-state index contributed by atoms with van der Waals surface area (Å²) < 4.78 is 14.3. The average Bonchev–Trinajstić information content (AvgIpc) is 2.40. The van der Waals surface area contributed by atoms with Crippen LogP contribution in [-0.4, -0.2) is 10.2 Å². The van der Waals surface area contributed by atoms with Crippen molar-refractivity contribution < 1.29 is 4.39 Å². The van der Waals surface area contributed by atoms with Crippen molar-refractivity contribution in [3.8, 4) is 11.3 Å². The Morgan fingerprint density at radius 3 is 2.52 bits per heavy atom. The third kappa shape index (κ3) is 2.76. The predicted molar refractivity (Wildman–Crippen MR) is 87.4 cm³/mol. The SMILES string of the molecule is Cc1cc(F)cc(-c2nnc3cc(Cl)c(Br)cc3c2Cl)c1. The minimum atomic E-state index is -0.333. The Labute approximate surface area is 139 Å². The summed E-state index contributed by atoms with van der Waals surface area (Å²) in [5.74, 6) is -0.333. The van der Waals surface area contributed by atoms with E-state index in [2.05, 4.69) is 26.1 Å². The molecule has 3 aromatic rings. The van der Waals surface area contributed by atoms with E-state index >= 15 is 0 Å². The van der Waals surface area contributed by atoms with E-state index in [1.165, 1.54) is 12.1 Å². The van der Waals surface area contributed by atoms with Crippen molar-refractivity contribution in [2.45, 2.75) is 6.92 Å². The molecule has 0 spiro atoms. The molecular weight excluding hydrogens is 378 g/mol. The Morgan fingerprint density at radius 1 is 1.05 bits per heavy atom. The van der Waals surface area contributed by atoms with Crippen molar-refractivity contribution in [1.82, 2.24) is 10.2 Å². The molecule has 0 aliphatic carbocycles. The molecule has 0 amide bonds. The number of aryl methyl sites for hydroxylation is 1. The minimum absolute atomic E-state index is 0.333. The lowest BCUT2D eigenvalue weighted by atomic mass is 10.1. The second kappa shape index (κ2) is 5.52. The summed E-state index contributed by atoms with van der Waals surface area (Å²) in [6.07, 6.45) is 0. The highest BCUT2D eigenvalue weighted by Gasteiger charge is 2.13. The number of aromatic nitrogens is 2. The van der Waals surface area contributed by atoms with E-state index in [0.29, 0.717) is 36.7 Å². The van der Waals surface area contributed by atoms with Gasteiger partial charge in [-0.05, 0) is 58.7 Å². The van der Waals surface area contributed by atoms with Crippen LogP contribution in [0.15, 0.2) is 34.8 Å². The molecule has 1 heterocycles. The number of hydrogen-bond acceptors (Lipinski definition) is 2. The Balaban J connectivity index is 2.29. The van der Waals surface area contributed by atoms with Crippen molar-refractivity contribution in [3.05, 3.63) is 56.2 Å². The fourth-order valence-electron chi connectivity index (χ4n) is 2.13. The highest BCUT2D eigenvalue weighted by atomic mass is 79.9. The molecule has 0 atom stereocenters. The van der Waals surface area contributed by atoms with Gasteiger partial charge < -0.3 is 0 Å². The molecule has 106 valence electrons. The molecule has 0 aliphatic heterocycles. The first-order valence-electron chi connectivity index (χ1n) is 6.04. The number of halogens is 4. The summed E-state index contributed by atoms with van der Waals surface area (Å²) in [5, 5.41) is 9.88. The highest BCUT2D eigenvalue weighted by Crippen LogP contribution is 2.35. The molecule has 0 saturated heterocycles. The first-order valence-corrected chi connectivity index (χ1v) is 7.59. The van der Waals surface area contributed by atoms with Crippen LogP contribution >= 0.6 is 39.1 Å². The lowest BCUT2D eigenvalue weighted by Gasteiger charge is -2.08. The maximum Gasteiger partial charge on any atom is 0.124 e. The van der Waals surface area contributed by atoms with Crippen molar-refractivity contribution >= 4 is 50.0 Å². The van der Waals surface area contributed by atoms with Gasteiger partial charge in [-0.15, -0.1) is 10.2 Å². The molecule has 0 unspecified atom stereocenters. The van der Waals surface area contributed by atoms with Gasteiger partial charge in [-0.25, -0.2) is 4.39 Å². The molecular formula is C15H8BrCl2FN2. The van der Waals surface area contributed by atoms with Crippen LogP contribution in [-0.2, 0) is 0 Å². The van der Waals surface area contributed by atoms with E-state index in [1.807, 2.05) is 13.0 Å². The molecule has 3 rings (SSSR count). The number of benzene rings is 2. The average molecular weight is 386 g/mol. The highest BCUT2D eigenvalue weighted by molar-refractivity contribution is 9.10. The van der Waals surface area contributed by atoms with E-state index in [0.717, 1.165) is 5.56 Å². The number of rotatable bonds is 1. The first-order chi connectivity index (χ1) is 9.95. The number of nitrogens with zero attached hydrogens (tertiary/aromatic N) is 2. The van der Waals surface area contributed by atoms with Gasteiger partial charge in [0.25, 0.3) is 0 Å². The van der Waals surface area contributed by atoms with Crippen LogP contribution in [0.1, 0.15) is 5.56 Å². The molecule has 21 heavy (non-hydrogen) atoms. The third-order valence-electron chi connectivity index (χ3n) is 3.06. The van der Waals surface area contributed by atoms with Crippen LogP contribution < -0.4 is 0 Å². The van der Waals surface area contributed by atoms with Crippen molar-refractivity contribution in [3.63, 3.8) is 0 Å². The summed E-state index contributed by atoms with van der Waals surface area (Å²) in [5.41, 5.74) is 2.42. The molecule has 6 heteroatoms. The lowest BCUT2D eigenvalue weighted by molar-refractivity contribution is 0.627. The van der Waals surface area contributed by atoms with Crippen LogP contribution in [0.2, 0.25) is 10.0 Å². The van der Waals surface area contributed by atoms with E-state index in [4.69, 9.17) is 23.2 Å². The standard InChI is InChI=1S/C15H8BrCl2FN2/c1-7-2-8(4-9(19)3-7)15-14(18)10-5-11(16)12(17)6-13(10)20-21-15/h2-6H,1H3. The van der Waals surface area contributed by atoms with Gasteiger partial charge in [0.2, 0.25) is 0 Å². The third-order valence-corrected chi connectivity index (χ3v) is 4.64. The summed E-state index contributed by atoms with van der Waals surface area (Å²) >= 11 is 15.8. The smallest absolute Gasteiger partial charge is 0.124 e. The number of fused-ring (bicyclic) bond motifs is 1. The zero-order valence-corrected chi connectivity index (χ0v) is 13.9. The Hall–Kier alpha value is -1.23. The largest absolute Gasteiger partial charge is 0.207 e. The monoisotopic (exact) mass is 384 g/mol. The van der Waals surface area contributed by atoms with Gasteiger partial charge in [-0.1, -0.05) is 23.2 Å². The second-order valence-electron chi connectivity index (χ2n) is 4.66. The van der Waals surface area contributed by atoms with E-state index in [9.17, 15) is 4.39 Å². The summed E-state index contributed by atoms with van der Waals surface area (Å²) in [7, 11) is 0. The molecule has 2 nitrogen and oxygen atoms in total. The first kappa shape index (κ1) is 14.7. The lowest BCUT2D eigenvalue weighted by Crippen LogP contribution is -1.93. The predicted octanol–water partition coefficient (Wildman–Crippen LogP) is 5.81. The summed E-state index contributed by atoms with van der Waals surface area (Å²) in [6.45, 7) is 1.81. The molecule has 0 bridgehead atoms. The van der Waals surface area contributed by atoms with Crippen molar-refractivity contribution in [1.29, 1.82) is 0 Å². The zero-order chi connectivity index (χ0) is 15.1. The van der Waals surface area contributed by atoms with Crippen molar-refractivity contribution in [2.75, 3.05) is 0 Å². The molecule has 0 N–H and O–H groups in total. The van der Waals surface area contributed by atoms with Crippen LogP contribution in [0.3, 0.4) is 0 Å². The van der Waals surface area contributed by atoms with Crippen LogP contribution in [0.5, 0.6) is 0 Å². The fourth-order valence-corrected chi connectivity index (χ4v) is 2.93. The van der Waals surface area contributed by atoms with E-state index < -0.39 is 0 Å². The molecule has 0 radical (unpaired) electrons. The second-order valence-corrected chi connectivity index (χ2v) is 6.30. The zero-order valence-electron chi connectivity index (χ0n) is 10.8. The van der Waals surface area contributed by atoms with Gasteiger partial charge in [0.1, 0.15) is 11.5 Å². The van der Waals surface area contributed by atoms with Gasteiger partial charge in [0, 0.05) is 15.4 Å². The Bertz CT molecular complexity index is 848. The Kier molecular flexibility index (Phi) is 3.86. The van der Waals surface area contributed by atoms with Gasteiger partial charge in [-0.2, -0.15) is 0 Å². The molecule has 2 aromatic carbocycles. The van der Waals surface area contributed by atoms with E-state index in [-0.39, 0.29) is 5.82 Å². The molecule has 0 fully saturated rings. The van der Waals surface area contributed by atoms with Crippen LogP contribution in [0, 0.1) is 12.7 Å². The van der Waals surface area contributed by atoms with Gasteiger partial charge >= 0.3 is 0 Å². The Morgan fingerprint density at radius 2 is 1.81 bits per heavy atom. The van der Waals surface area contributed by atoms with Crippen molar-refractivity contribution in [2.24, 2.45) is 0 Å². The van der Waals surface area contributed by atoms with Crippen LogP contribution in [0.4, 0.5) is 4.39 Å². The summed E-state index contributed by atoms with van der Waals surface area (Å²) in [6, 6.07) is 8.11.